The van der Waals surface area contributed by atoms with Crippen molar-refractivity contribution in [3.63, 3.8) is 0 Å². The van der Waals surface area contributed by atoms with Gasteiger partial charge in [-0.3, -0.25) is 0 Å². The molecule has 2 N–H and O–H groups in total. The van der Waals surface area contributed by atoms with Gasteiger partial charge in [-0.2, -0.15) is 0 Å². The highest BCUT2D eigenvalue weighted by Crippen LogP contribution is 2.34. The van der Waals surface area contributed by atoms with Crippen LogP contribution in [0.2, 0.25) is 0 Å². The third kappa shape index (κ3) is 3.32. The summed E-state index contributed by atoms with van der Waals surface area (Å²) in [5.74, 6) is -3.18. The lowest BCUT2D eigenvalue weighted by atomic mass is 10.1. The van der Waals surface area contributed by atoms with Crippen molar-refractivity contribution in [2.75, 3.05) is 6.54 Å². The van der Waals surface area contributed by atoms with Crippen LogP contribution < -0.4 is 5.73 Å². The summed E-state index contributed by atoms with van der Waals surface area (Å²) in [6.45, 7) is 0.276. The van der Waals surface area contributed by atoms with E-state index in [1.54, 1.807) is 0 Å². The van der Waals surface area contributed by atoms with E-state index in [0.717, 1.165) is 12.1 Å². The fraction of sp³-hybridized carbons (Fsp3) is 0.143. The molecule has 0 spiro atoms. The van der Waals surface area contributed by atoms with Crippen molar-refractivity contribution >= 4 is 11.8 Å². The topological polar surface area (TPSA) is 26.0 Å². The molecule has 1 nitrogen and oxygen atoms in total. The number of rotatable bonds is 4. The zero-order valence-electron chi connectivity index (χ0n) is 10.3. The number of nitrogens with two attached hydrogens (primary N) is 1. The van der Waals surface area contributed by atoms with Crippen molar-refractivity contribution in [1.29, 1.82) is 0 Å². The molecule has 106 valence electrons. The highest BCUT2D eigenvalue weighted by molar-refractivity contribution is 7.99. The number of hydrogen-bond donors (Lipinski definition) is 1. The maximum absolute atomic E-state index is 13.8. The first-order valence-corrected chi connectivity index (χ1v) is 6.64. The molecule has 2 aromatic carbocycles. The van der Waals surface area contributed by atoms with Crippen LogP contribution in [0.1, 0.15) is 5.56 Å². The molecule has 0 saturated heterocycles. The lowest BCUT2D eigenvalue weighted by molar-refractivity contribution is 0.536. The van der Waals surface area contributed by atoms with Gasteiger partial charge < -0.3 is 5.73 Å². The Morgan fingerprint density at radius 1 is 0.900 bits per heavy atom. The standard InChI is InChI=1S/C14H11F4NS/c15-9-1-2-13(10(16)7-9)20-14-11(17)5-8(3-4-19)6-12(14)18/h1-2,5-7H,3-4,19H2. The zero-order valence-corrected chi connectivity index (χ0v) is 11.1. The first kappa shape index (κ1) is 14.9. The largest absolute Gasteiger partial charge is 0.330 e. The summed E-state index contributed by atoms with van der Waals surface area (Å²) in [6, 6.07) is 5.17. The van der Waals surface area contributed by atoms with Crippen molar-refractivity contribution in [2.24, 2.45) is 5.73 Å². The van der Waals surface area contributed by atoms with Crippen molar-refractivity contribution < 1.29 is 17.6 Å². The second kappa shape index (κ2) is 6.28. The highest BCUT2D eigenvalue weighted by Gasteiger charge is 2.15. The summed E-state index contributed by atoms with van der Waals surface area (Å²) in [5.41, 5.74) is 5.76. The molecule has 0 aliphatic rings. The Labute approximate surface area is 117 Å². The third-order valence-electron chi connectivity index (χ3n) is 2.60. The van der Waals surface area contributed by atoms with Gasteiger partial charge in [0.25, 0.3) is 0 Å². The molecule has 0 aliphatic heterocycles. The maximum Gasteiger partial charge on any atom is 0.140 e. The summed E-state index contributed by atoms with van der Waals surface area (Å²) < 4.78 is 53.9. The summed E-state index contributed by atoms with van der Waals surface area (Å²) in [4.78, 5) is -0.368. The number of hydrogen-bond acceptors (Lipinski definition) is 2. The van der Waals surface area contributed by atoms with Crippen molar-refractivity contribution in [1.82, 2.24) is 0 Å². The molecule has 0 unspecified atom stereocenters. The Morgan fingerprint density at radius 3 is 2.10 bits per heavy atom. The summed E-state index contributed by atoms with van der Waals surface area (Å²) in [6.07, 6.45) is 0.351. The van der Waals surface area contributed by atoms with Crippen LogP contribution in [-0.2, 0) is 6.42 Å². The lowest BCUT2D eigenvalue weighted by Crippen LogP contribution is -2.04. The SMILES string of the molecule is NCCc1cc(F)c(Sc2ccc(F)cc2F)c(F)c1. The van der Waals surface area contributed by atoms with Gasteiger partial charge in [0.2, 0.25) is 0 Å². The van der Waals surface area contributed by atoms with E-state index < -0.39 is 23.3 Å². The molecule has 0 saturated carbocycles. The van der Waals surface area contributed by atoms with Gasteiger partial charge in [-0.05, 0) is 42.8 Å². The highest BCUT2D eigenvalue weighted by atomic mass is 32.2. The van der Waals surface area contributed by atoms with Crippen molar-refractivity contribution in [3.05, 3.63) is 59.2 Å². The molecule has 0 radical (unpaired) electrons. The molecule has 6 heteroatoms. The monoisotopic (exact) mass is 301 g/mol. The fourth-order valence-corrected chi connectivity index (χ4v) is 2.51. The molecule has 0 fully saturated rings. The molecular formula is C14H11F4NS. The van der Waals surface area contributed by atoms with E-state index in [4.69, 9.17) is 5.73 Å². The second-order valence-corrected chi connectivity index (χ2v) is 5.16. The van der Waals surface area contributed by atoms with Crippen LogP contribution in [0, 0.1) is 23.3 Å². The lowest BCUT2D eigenvalue weighted by Gasteiger charge is -2.08. The van der Waals surface area contributed by atoms with Gasteiger partial charge in [0.05, 0.1) is 4.90 Å². The van der Waals surface area contributed by atoms with Crippen LogP contribution in [0.5, 0.6) is 0 Å². The first-order valence-electron chi connectivity index (χ1n) is 5.82. The zero-order chi connectivity index (χ0) is 14.7. The van der Waals surface area contributed by atoms with Crippen LogP contribution in [0.3, 0.4) is 0 Å². The third-order valence-corrected chi connectivity index (χ3v) is 3.74. The maximum atomic E-state index is 13.8. The van der Waals surface area contributed by atoms with E-state index in [-0.39, 0.29) is 16.3 Å². The van der Waals surface area contributed by atoms with Crippen LogP contribution in [0.25, 0.3) is 0 Å². The Kier molecular flexibility index (Phi) is 4.67. The molecule has 0 amide bonds. The first-order chi connectivity index (χ1) is 9.51. The predicted octanol–water partition coefficient (Wildman–Crippen LogP) is 3.90. The summed E-state index contributed by atoms with van der Waals surface area (Å²) in [7, 11) is 0. The van der Waals surface area contributed by atoms with Gasteiger partial charge in [0.15, 0.2) is 0 Å². The Hall–Kier alpha value is -1.53. The van der Waals surface area contributed by atoms with Crippen LogP contribution in [-0.4, -0.2) is 6.54 Å². The normalized spacial score (nSPS) is 10.8. The minimum atomic E-state index is -0.861. The van der Waals surface area contributed by atoms with Crippen LogP contribution >= 0.6 is 11.8 Å². The molecule has 20 heavy (non-hydrogen) atoms. The second-order valence-electron chi connectivity index (χ2n) is 4.10. The fourth-order valence-electron chi connectivity index (χ4n) is 1.69. The van der Waals surface area contributed by atoms with E-state index >= 15 is 0 Å². The smallest absolute Gasteiger partial charge is 0.140 e. The number of halogens is 4. The molecule has 2 aromatic rings. The van der Waals surface area contributed by atoms with Gasteiger partial charge in [-0.1, -0.05) is 11.8 Å². The predicted molar refractivity (Wildman–Crippen MR) is 69.6 cm³/mol. The minimum absolute atomic E-state index is 0.0456. The van der Waals surface area contributed by atoms with E-state index in [1.165, 1.54) is 12.1 Å². The Morgan fingerprint density at radius 2 is 1.55 bits per heavy atom. The quantitative estimate of drug-likeness (QED) is 0.867. The molecular weight excluding hydrogens is 290 g/mol. The van der Waals surface area contributed by atoms with E-state index in [1.807, 2.05) is 0 Å². The van der Waals surface area contributed by atoms with E-state index in [0.29, 0.717) is 29.8 Å². The van der Waals surface area contributed by atoms with E-state index in [2.05, 4.69) is 0 Å². The molecule has 2 rings (SSSR count). The Bertz CT molecular complexity index is 608. The van der Waals surface area contributed by atoms with Gasteiger partial charge >= 0.3 is 0 Å². The molecule has 0 bridgehead atoms. The van der Waals surface area contributed by atoms with Crippen molar-refractivity contribution in [3.8, 4) is 0 Å². The molecule has 0 atom stereocenters. The van der Waals surface area contributed by atoms with Crippen LogP contribution in [0.4, 0.5) is 17.6 Å². The minimum Gasteiger partial charge on any atom is -0.330 e. The van der Waals surface area contributed by atoms with E-state index in [9.17, 15) is 17.6 Å². The van der Waals surface area contributed by atoms with Gasteiger partial charge in [-0.25, -0.2) is 17.6 Å². The number of benzene rings is 2. The molecule has 0 aliphatic carbocycles. The van der Waals surface area contributed by atoms with Gasteiger partial charge in [0.1, 0.15) is 23.3 Å². The van der Waals surface area contributed by atoms with Gasteiger partial charge in [-0.15, -0.1) is 0 Å². The molecule has 0 aromatic heterocycles. The average molecular weight is 301 g/mol. The molecule has 0 heterocycles. The summed E-state index contributed by atoms with van der Waals surface area (Å²) >= 11 is 0.580. The van der Waals surface area contributed by atoms with Crippen LogP contribution in [0.15, 0.2) is 40.1 Å². The average Bonchev–Trinajstić information content (AvgIpc) is 2.36. The van der Waals surface area contributed by atoms with Crippen molar-refractivity contribution in [2.45, 2.75) is 16.2 Å². The van der Waals surface area contributed by atoms with Gasteiger partial charge in [0, 0.05) is 11.0 Å². The Balaban J connectivity index is 2.33. The summed E-state index contributed by atoms with van der Waals surface area (Å²) in [5, 5.41) is 0.